The average Bonchev–Trinajstić information content (AvgIpc) is 2.62. The van der Waals surface area contributed by atoms with Gasteiger partial charge in [-0.2, -0.15) is 0 Å². The lowest BCUT2D eigenvalue weighted by Crippen LogP contribution is -2.12. The molecule has 1 rings (SSSR count). The van der Waals surface area contributed by atoms with Gasteiger partial charge < -0.3 is 9.64 Å². The van der Waals surface area contributed by atoms with Crippen molar-refractivity contribution in [2.45, 2.75) is 25.4 Å². The topological polar surface area (TPSA) is 15.8 Å². The van der Waals surface area contributed by atoms with Crippen LogP contribution in [0, 0.1) is 0 Å². The van der Waals surface area contributed by atoms with Gasteiger partial charge >= 0.3 is 0 Å². The summed E-state index contributed by atoms with van der Waals surface area (Å²) in [6.45, 7) is 2.23. The molecule has 1 unspecified atom stereocenters. The number of unbranched alkanes of at least 4 members (excludes halogenated alkanes) is 1. The molecule has 68 valence electrons. The van der Waals surface area contributed by atoms with Crippen LogP contribution < -0.4 is 0 Å². The lowest BCUT2D eigenvalue weighted by molar-refractivity contribution is 0.364. The first-order valence-electron chi connectivity index (χ1n) is 4.05. The van der Waals surface area contributed by atoms with E-state index in [0.717, 1.165) is 6.61 Å². The van der Waals surface area contributed by atoms with E-state index in [1.165, 1.54) is 25.8 Å². The van der Waals surface area contributed by atoms with E-state index in [9.17, 15) is 0 Å². The van der Waals surface area contributed by atoms with Gasteiger partial charge in [-0.15, -0.1) is 12.4 Å². The second kappa shape index (κ2) is 5.81. The zero-order valence-corrected chi connectivity index (χ0v) is 8.19. The molecule has 0 bridgehead atoms. The van der Waals surface area contributed by atoms with E-state index in [1.807, 2.05) is 0 Å². The summed E-state index contributed by atoms with van der Waals surface area (Å²) in [7, 11) is 4.24. The molecule has 0 aliphatic carbocycles. The van der Waals surface area contributed by atoms with Crippen LogP contribution in [-0.4, -0.2) is 38.3 Å². The molecule has 0 spiro atoms. The maximum atomic E-state index is 5.10. The van der Waals surface area contributed by atoms with Gasteiger partial charge in [-0.25, -0.2) is 0 Å². The second-order valence-corrected chi connectivity index (χ2v) is 3.25. The Labute approximate surface area is 75.3 Å². The van der Waals surface area contributed by atoms with Gasteiger partial charge in [0.05, 0.1) is 12.7 Å². The average molecular weight is 180 g/mol. The molecule has 1 atom stereocenters. The Morgan fingerprint density at radius 3 is 2.45 bits per heavy atom. The van der Waals surface area contributed by atoms with E-state index in [2.05, 4.69) is 19.0 Å². The van der Waals surface area contributed by atoms with Crippen molar-refractivity contribution in [2.75, 3.05) is 27.2 Å². The summed E-state index contributed by atoms with van der Waals surface area (Å²) in [6.07, 6.45) is 4.53. The molecule has 3 heteroatoms. The van der Waals surface area contributed by atoms with Crippen LogP contribution in [0.1, 0.15) is 19.3 Å². The Kier molecular flexibility index (Phi) is 5.92. The van der Waals surface area contributed by atoms with Crippen molar-refractivity contribution in [3.63, 3.8) is 0 Å². The van der Waals surface area contributed by atoms with Gasteiger partial charge in [0.2, 0.25) is 0 Å². The summed E-state index contributed by atoms with van der Waals surface area (Å²) in [5.41, 5.74) is 0. The van der Waals surface area contributed by atoms with Crippen molar-refractivity contribution in [3.05, 3.63) is 0 Å². The first-order chi connectivity index (χ1) is 4.79. The van der Waals surface area contributed by atoms with Gasteiger partial charge in [0.15, 0.2) is 0 Å². The van der Waals surface area contributed by atoms with Gasteiger partial charge in [-0.05, 0) is 39.9 Å². The van der Waals surface area contributed by atoms with E-state index in [4.69, 9.17) is 4.74 Å². The molecule has 0 radical (unpaired) electrons. The zero-order chi connectivity index (χ0) is 7.40. The van der Waals surface area contributed by atoms with Crippen LogP contribution in [0.3, 0.4) is 0 Å². The SMILES string of the molecule is CN(C)CCCCC1CO1.Cl. The van der Waals surface area contributed by atoms with Crippen LogP contribution in [0.4, 0.5) is 0 Å². The van der Waals surface area contributed by atoms with Crippen LogP contribution in [0.2, 0.25) is 0 Å². The quantitative estimate of drug-likeness (QED) is 0.470. The number of ether oxygens (including phenoxy) is 1. The monoisotopic (exact) mass is 179 g/mol. The number of hydrogen-bond acceptors (Lipinski definition) is 2. The summed E-state index contributed by atoms with van der Waals surface area (Å²) < 4.78 is 5.10. The molecule has 0 amide bonds. The van der Waals surface area contributed by atoms with Gasteiger partial charge in [-0.3, -0.25) is 0 Å². The Bertz CT molecular complexity index is 90.1. The van der Waals surface area contributed by atoms with Crippen molar-refractivity contribution in [1.82, 2.24) is 4.90 Å². The third-order valence-electron chi connectivity index (χ3n) is 1.78. The lowest BCUT2D eigenvalue weighted by Gasteiger charge is -2.07. The largest absolute Gasteiger partial charge is 0.373 e. The van der Waals surface area contributed by atoms with Crippen LogP contribution in [-0.2, 0) is 4.74 Å². The van der Waals surface area contributed by atoms with Gasteiger partial charge in [0.25, 0.3) is 0 Å². The highest BCUT2D eigenvalue weighted by Gasteiger charge is 2.20. The predicted molar refractivity (Wildman–Crippen MR) is 49.4 cm³/mol. The number of epoxide rings is 1. The van der Waals surface area contributed by atoms with E-state index in [1.54, 1.807) is 0 Å². The Morgan fingerprint density at radius 1 is 1.36 bits per heavy atom. The zero-order valence-electron chi connectivity index (χ0n) is 7.38. The van der Waals surface area contributed by atoms with E-state index < -0.39 is 0 Å². The maximum absolute atomic E-state index is 5.10. The van der Waals surface area contributed by atoms with Crippen molar-refractivity contribution < 1.29 is 4.74 Å². The Balaban J connectivity index is 0.000001000. The van der Waals surface area contributed by atoms with Gasteiger partial charge in [-0.1, -0.05) is 0 Å². The molecule has 0 saturated carbocycles. The summed E-state index contributed by atoms with van der Waals surface area (Å²) in [4.78, 5) is 2.23. The standard InChI is InChI=1S/C8H17NO.ClH/c1-9(2)6-4-3-5-8-7-10-8;/h8H,3-7H2,1-2H3;1H. The summed E-state index contributed by atoms with van der Waals surface area (Å²) in [6, 6.07) is 0. The highest BCUT2D eigenvalue weighted by molar-refractivity contribution is 5.85. The normalized spacial score (nSPS) is 21.5. The van der Waals surface area contributed by atoms with Crippen LogP contribution in [0.5, 0.6) is 0 Å². The summed E-state index contributed by atoms with van der Waals surface area (Å²) in [5.74, 6) is 0. The van der Waals surface area contributed by atoms with Crippen LogP contribution >= 0.6 is 12.4 Å². The fourth-order valence-corrected chi connectivity index (χ4v) is 1.03. The van der Waals surface area contributed by atoms with E-state index in [0.29, 0.717) is 6.10 Å². The maximum Gasteiger partial charge on any atom is 0.0810 e. The molecule has 1 fully saturated rings. The first-order valence-corrected chi connectivity index (χ1v) is 4.05. The van der Waals surface area contributed by atoms with E-state index in [-0.39, 0.29) is 12.4 Å². The number of hydrogen-bond donors (Lipinski definition) is 0. The molecule has 0 N–H and O–H groups in total. The predicted octanol–water partition coefficient (Wildman–Crippen LogP) is 1.54. The minimum absolute atomic E-state index is 0. The van der Waals surface area contributed by atoms with Gasteiger partial charge in [0.1, 0.15) is 0 Å². The van der Waals surface area contributed by atoms with Gasteiger partial charge in [0, 0.05) is 0 Å². The molecule has 0 aromatic rings. The molecule has 1 aliphatic rings. The minimum atomic E-state index is 0. The highest BCUT2D eigenvalue weighted by atomic mass is 35.5. The molecule has 2 nitrogen and oxygen atoms in total. The second-order valence-electron chi connectivity index (χ2n) is 3.25. The fourth-order valence-electron chi connectivity index (χ4n) is 1.03. The fraction of sp³-hybridized carbons (Fsp3) is 1.00. The summed E-state index contributed by atoms with van der Waals surface area (Å²) >= 11 is 0. The number of rotatable bonds is 5. The number of nitrogens with zero attached hydrogens (tertiary/aromatic N) is 1. The lowest BCUT2D eigenvalue weighted by atomic mass is 10.2. The highest BCUT2D eigenvalue weighted by Crippen LogP contribution is 2.16. The van der Waals surface area contributed by atoms with Crippen LogP contribution in [0.25, 0.3) is 0 Å². The third-order valence-corrected chi connectivity index (χ3v) is 1.78. The number of halogens is 1. The molecule has 11 heavy (non-hydrogen) atoms. The van der Waals surface area contributed by atoms with Crippen molar-refractivity contribution >= 4 is 12.4 Å². The molecule has 0 aromatic heterocycles. The Hall–Kier alpha value is 0.210. The first kappa shape index (κ1) is 11.2. The van der Waals surface area contributed by atoms with Crippen molar-refractivity contribution in [1.29, 1.82) is 0 Å². The molecule has 1 saturated heterocycles. The molecular weight excluding hydrogens is 162 g/mol. The molecule has 1 heterocycles. The smallest absolute Gasteiger partial charge is 0.0810 e. The van der Waals surface area contributed by atoms with Crippen molar-refractivity contribution in [3.8, 4) is 0 Å². The molecule has 1 aliphatic heterocycles. The molecular formula is C8H18ClNO. The Morgan fingerprint density at radius 2 is 2.00 bits per heavy atom. The van der Waals surface area contributed by atoms with E-state index >= 15 is 0 Å². The third kappa shape index (κ3) is 6.60. The minimum Gasteiger partial charge on any atom is -0.373 e. The van der Waals surface area contributed by atoms with Crippen molar-refractivity contribution in [2.24, 2.45) is 0 Å². The molecule has 0 aromatic carbocycles. The van der Waals surface area contributed by atoms with Crippen LogP contribution in [0.15, 0.2) is 0 Å². The summed E-state index contributed by atoms with van der Waals surface area (Å²) in [5, 5.41) is 0.